The maximum Gasteiger partial charge on any atom is 0.240 e. The molecule has 1 saturated heterocycles. The van der Waals surface area contributed by atoms with Gasteiger partial charge in [-0.2, -0.15) is 0 Å². The fraction of sp³-hybridized carbons (Fsp3) is 0.278. The molecule has 1 aliphatic heterocycles. The number of nitrogens with one attached hydrogen (secondary N) is 1. The molecular formula is C18H19ClN2O3S. The van der Waals surface area contributed by atoms with E-state index in [0.717, 1.165) is 23.2 Å². The number of hydrogen-bond acceptors (Lipinski definition) is 3. The molecule has 1 amide bonds. The fourth-order valence-corrected chi connectivity index (χ4v) is 4.09. The highest BCUT2D eigenvalue weighted by Crippen LogP contribution is 2.27. The Morgan fingerprint density at radius 1 is 1.16 bits per heavy atom. The van der Waals surface area contributed by atoms with Crippen LogP contribution in [-0.4, -0.2) is 20.9 Å². The first-order chi connectivity index (χ1) is 11.9. The van der Waals surface area contributed by atoms with Crippen molar-refractivity contribution in [2.45, 2.75) is 31.2 Å². The van der Waals surface area contributed by atoms with Gasteiger partial charge >= 0.3 is 0 Å². The maximum atomic E-state index is 12.5. The number of hydrogen-bond donors (Lipinski definition) is 1. The van der Waals surface area contributed by atoms with Gasteiger partial charge in [0.25, 0.3) is 0 Å². The monoisotopic (exact) mass is 378 g/mol. The lowest BCUT2D eigenvalue weighted by Gasteiger charge is -2.19. The number of carbonyl (C=O) groups excluding carboxylic acids is 1. The Kier molecular flexibility index (Phi) is 5.13. The van der Waals surface area contributed by atoms with Gasteiger partial charge in [-0.15, -0.1) is 0 Å². The molecule has 0 aromatic heterocycles. The third-order valence-electron chi connectivity index (χ3n) is 4.22. The molecule has 0 spiro atoms. The minimum absolute atomic E-state index is 0.0829. The average Bonchev–Trinajstić information content (AvgIpc) is 3.00. The Morgan fingerprint density at radius 2 is 1.88 bits per heavy atom. The van der Waals surface area contributed by atoms with Crippen molar-refractivity contribution in [3.8, 4) is 0 Å². The van der Waals surface area contributed by atoms with E-state index in [2.05, 4.69) is 4.72 Å². The summed E-state index contributed by atoms with van der Waals surface area (Å²) in [6, 6.07) is 11.8. The summed E-state index contributed by atoms with van der Waals surface area (Å²) in [5.41, 5.74) is 2.37. The second kappa shape index (κ2) is 7.15. The molecule has 0 radical (unpaired) electrons. The van der Waals surface area contributed by atoms with E-state index < -0.39 is 10.0 Å². The van der Waals surface area contributed by atoms with Crippen molar-refractivity contribution in [2.24, 2.45) is 0 Å². The molecule has 0 saturated carbocycles. The van der Waals surface area contributed by atoms with Crippen molar-refractivity contribution >= 4 is 33.2 Å². The largest absolute Gasteiger partial charge is 0.312 e. The number of rotatable bonds is 5. The number of carbonyl (C=O) groups is 1. The third-order valence-corrected chi connectivity index (χ3v) is 5.87. The van der Waals surface area contributed by atoms with E-state index >= 15 is 0 Å². The second-order valence-corrected chi connectivity index (χ2v) is 8.25. The lowest BCUT2D eigenvalue weighted by Crippen LogP contribution is -2.26. The number of benzene rings is 2. The minimum atomic E-state index is -3.63. The zero-order chi connectivity index (χ0) is 18.0. The molecular weight excluding hydrogens is 360 g/mol. The van der Waals surface area contributed by atoms with Crippen LogP contribution < -0.4 is 9.62 Å². The van der Waals surface area contributed by atoms with Crippen LogP contribution in [0.5, 0.6) is 0 Å². The summed E-state index contributed by atoms with van der Waals surface area (Å²) < 4.78 is 27.6. The third kappa shape index (κ3) is 4.03. The molecule has 2 aromatic rings. The first kappa shape index (κ1) is 17.9. The molecule has 1 heterocycles. The van der Waals surface area contributed by atoms with Gasteiger partial charge in [-0.25, -0.2) is 13.1 Å². The van der Waals surface area contributed by atoms with E-state index in [0.29, 0.717) is 18.0 Å². The highest BCUT2D eigenvalue weighted by atomic mass is 35.5. The van der Waals surface area contributed by atoms with Gasteiger partial charge in [-0.3, -0.25) is 4.79 Å². The van der Waals surface area contributed by atoms with E-state index in [1.807, 2.05) is 6.92 Å². The van der Waals surface area contributed by atoms with Crippen LogP contribution in [0.4, 0.5) is 5.69 Å². The van der Waals surface area contributed by atoms with E-state index in [-0.39, 0.29) is 17.3 Å². The Balaban J connectivity index is 1.76. The van der Waals surface area contributed by atoms with Gasteiger partial charge < -0.3 is 4.90 Å². The van der Waals surface area contributed by atoms with Crippen LogP contribution in [-0.2, 0) is 21.4 Å². The molecule has 1 fully saturated rings. The first-order valence-corrected chi connectivity index (χ1v) is 9.88. The summed E-state index contributed by atoms with van der Waals surface area (Å²) in [4.78, 5) is 13.8. The molecule has 25 heavy (non-hydrogen) atoms. The Morgan fingerprint density at radius 3 is 2.48 bits per heavy atom. The van der Waals surface area contributed by atoms with Crippen molar-refractivity contribution in [3.05, 3.63) is 58.6 Å². The van der Waals surface area contributed by atoms with Crippen LogP contribution in [0.2, 0.25) is 5.02 Å². The number of halogens is 1. The van der Waals surface area contributed by atoms with Crippen LogP contribution in [0.15, 0.2) is 47.4 Å². The molecule has 3 rings (SSSR count). The number of sulfonamides is 1. The second-order valence-electron chi connectivity index (χ2n) is 6.05. The summed E-state index contributed by atoms with van der Waals surface area (Å²) >= 11 is 5.83. The lowest BCUT2D eigenvalue weighted by atomic mass is 10.2. The van der Waals surface area contributed by atoms with Crippen molar-refractivity contribution < 1.29 is 13.2 Å². The van der Waals surface area contributed by atoms with E-state index in [9.17, 15) is 13.2 Å². The highest BCUT2D eigenvalue weighted by molar-refractivity contribution is 7.89. The van der Waals surface area contributed by atoms with Crippen molar-refractivity contribution in [3.63, 3.8) is 0 Å². The standard InChI is InChI=1S/C18H19ClN2O3S/c1-13-11-16(8-9-17(13)21-10-2-3-18(21)22)25(23,24)20-12-14-4-6-15(19)7-5-14/h4-9,11,20H,2-3,10,12H2,1H3. The van der Waals surface area contributed by atoms with Crippen LogP contribution >= 0.6 is 11.6 Å². The van der Waals surface area contributed by atoms with Crippen LogP contribution in [0, 0.1) is 6.92 Å². The van der Waals surface area contributed by atoms with E-state index in [1.165, 1.54) is 6.07 Å². The quantitative estimate of drug-likeness (QED) is 0.868. The zero-order valence-corrected chi connectivity index (χ0v) is 15.4. The lowest BCUT2D eigenvalue weighted by molar-refractivity contribution is -0.117. The van der Waals surface area contributed by atoms with Gasteiger partial charge in [-0.1, -0.05) is 23.7 Å². The summed E-state index contributed by atoms with van der Waals surface area (Å²) in [6.45, 7) is 2.69. The van der Waals surface area contributed by atoms with Crippen LogP contribution in [0.1, 0.15) is 24.0 Å². The smallest absolute Gasteiger partial charge is 0.240 e. The zero-order valence-electron chi connectivity index (χ0n) is 13.8. The SMILES string of the molecule is Cc1cc(S(=O)(=O)NCc2ccc(Cl)cc2)ccc1N1CCCC1=O. The van der Waals surface area contributed by atoms with Crippen LogP contribution in [0.25, 0.3) is 0 Å². The maximum absolute atomic E-state index is 12.5. The van der Waals surface area contributed by atoms with Gasteiger partial charge in [0, 0.05) is 30.2 Å². The topological polar surface area (TPSA) is 66.5 Å². The minimum Gasteiger partial charge on any atom is -0.312 e. The first-order valence-electron chi connectivity index (χ1n) is 8.02. The van der Waals surface area contributed by atoms with Crippen molar-refractivity contribution in [2.75, 3.05) is 11.4 Å². The van der Waals surface area contributed by atoms with Crippen molar-refractivity contribution in [1.82, 2.24) is 4.72 Å². The van der Waals surface area contributed by atoms with E-state index in [1.54, 1.807) is 41.3 Å². The number of nitrogens with zero attached hydrogens (tertiary/aromatic N) is 1. The van der Waals surface area contributed by atoms with Crippen molar-refractivity contribution in [1.29, 1.82) is 0 Å². The van der Waals surface area contributed by atoms with Crippen LogP contribution in [0.3, 0.4) is 0 Å². The molecule has 0 atom stereocenters. The Labute approximate surface area is 152 Å². The molecule has 2 aromatic carbocycles. The van der Waals surface area contributed by atoms with E-state index in [4.69, 9.17) is 11.6 Å². The normalized spacial score (nSPS) is 15.0. The Bertz CT molecular complexity index is 895. The summed E-state index contributed by atoms with van der Waals surface area (Å²) in [6.07, 6.45) is 1.38. The van der Waals surface area contributed by atoms with Gasteiger partial charge in [0.05, 0.1) is 4.90 Å². The molecule has 0 aliphatic carbocycles. The Hall–Kier alpha value is -1.89. The predicted molar refractivity (Wildman–Crippen MR) is 98.2 cm³/mol. The molecule has 1 N–H and O–H groups in total. The summed E-state index contributed by atoms with van der Waals surface area (Å²) in [5.74, 6) is 0.0829. The average molecular weight is 379 g/mol. The van der Waals surface area contributed by atoms with Gasteiger partial charge in [0.15, 0.2) is 0 Å². The number of amides is 1. The number of anilines is 1. The molecule has 0 unspecified atom stereocenters. The van der Waals surface area contributed by atoms with Gasteiger partial charge in [0.2, 0.25) is 15.9 Å². The predicted octanol–water partition coefficient (Wildman–Crippen LogP) is 3.25. The molecule has 0 bridgehead atoms. The summed E-state index contributed by atoms with van der Waals surface area (Å²) in [5, 5.41) is 0.606. The number of aryl methyl sites for hydroxylation is 1. The van der Waals surface area contributed by atoms with Gasteiger partial charge in [0.1, 0.15) is 0 Å². The molecule has 132 valence electrons. The molecule has 5 nitrogen and oxygen atoms in total. The summed E-state index contributed by atoms with van der Waals surface area (Å²) in [7, 11) is -3.63. The molecule has 1 aliphatic rings. The molecule has 7 heteroatoms. The van der Waals surface area contributed by atoms with Gasteiger partial charge in [-0.05, 0) is 54.8 Å². The highest BCUT2D eigenvalue weighted by Gasteiger charge is 2.24. The fourth-order valence-electron chi connectivity index (χ4n) is 2.86.